The first kappa shape index (κ1) is 14.3. The molecule has 0 aliphatic rings. The zero-order valence-electron chi connectivity index (χ0n) is 11.5. The molecule has 2 aromatic carbocycles. The third kappa shape index (κ3) is 2.60. The molecule has 1 unspecified atom stereocenters. The number of hydrogen-bond donors (Lipinski definition) is 0. The molecule has 110 valence electrons. The molecule has 0 amide bonds. The zero-order chi connectivity index (χ0) is 15.5. The molecule has 1 heterocycles. The second-order valence-corrected chi connectivity index (χ2v) is 6.17. The van der Waals surface area contributed by atoms with Crippen molar-refractivity contribution in [3.8, 4) is 0 Å². The van der Waals surface area contributed by atoms with Crippen LogP contribution in [0, 0.1) is 0 Å². The molecular formula is C15H12N4O2S. The van der Waals surface area contributed by atoms with E-state index in [2.05, 4.69) is 10.0 Å². The molecule has 3 aromatic rings. The molecular weight excluding hydrogens is 300 g/mol. The van der Waals surface area contributed by atoms with Gasteiger partial charge in [0.15, 0.2) is 0 Å². The van der Waals surface area contributed by atoms with Crippen LogP contribution in [0.5, 0.6) is 0 Å². The Hall–Kier alpha value is -2.60. The van der Waals surface area contributed by atoms with Crippen LogP contribution < -0.4 is 5.56 Å². The quantitative estimate of drug-likeness (QED) is 0.318. The normalized spacial score (nSPS) is 11.4. The van der Waals surface area contributed by atoms with Gasteiger partial charge in [0.25, 0.3) is 0 Å². The Morgan fingerprint density at radius 1 is 1.14 bits per heavy atom. The Kier molecular flexibility index (Phi) is 3.93. The number of aromatic nitrogens is 1. The fourth-order valence-electron chi connectivity index (χ4n) is 2.28. The molecule has 0 aliphatic carbocycles. The highest BCUT2D eigenvalue weighted by Gasteiger charge is 2.17. The Balaban J connectivity index is 1.93. The standard InChI is InChI=1S/C15H12N4O2S/c16-18-17-9-11-5-7-12(8-6-11)10-19-15(20)13-3-1-2-4-14(13)22(19)21/h1-8H,9-10H2. The van der Waals surface area contributed by atoms with Gasteiger partial charge in [-0.2, -0.15) is 0 Å². The lowest BCUT2D eigenvalue weighted by molar-refractivity contribution is 0.575. The summed E-state index contributed by atoms with van der Waals surface area (Å²) in [7, 11) is -1.46. The van der Waals surface area contributed by atoms with Gasteiger partial charge < -0.3 is 4.55 Å². The Morgan fingerprint density at radius 2 is 1.82 bits per heavy atom. The Morgan fingerprint density at radius 3 is 2.50 bits per heavy atom. The van der Waals surface area contributed by atoms with E-state index in [-0.39, 0.29) is 18.6 Å². The van der Waals surface area contributed by atoms with Crippen molar-refractivity contribution in [3.05, 3.63) is 80.5 Å². The SMILES string of the molecule is [N-]=[N+]=NCc1ccc(Cn2c(=O)c3ccccc3[s+]2[O-])cc1. The van der Waals surface area contributed by atoms with Crippen LogP contribution in [0.4, 0.5) is 0 Å². The zero-order valence-corrected chi connectivity index (χ0v) is 12.4. The summed E-state index contributed by atoms with van der Waals surface area (Å²) < 4.78 is 14.3. The molecule has 1 atom stereocenters. The molecule has 3 rings (SSSR count). The van der Waals surface area contributed by atoms with Gasteiger partial charge in [-0.05, 0) is 22.7 Å². The summed E-state index contributed by atoms with van der Waals surface area (Å²) >= 11 is 0. The maximum absolute atomic E-state index is 12.4. The van der Waals surface area contributed by atoms with E-state index in [0.29, 0.717) is 10.1 Å². The summed E-state index contributed by atoms with van der Waals surface area (Å²) in [6.45, 7) is 0.568. The van der Waals surface area contributed by atoms with Crippen molar-refractivity contribution in [2.45, 2.75) is 13.1 Å². The van der Waals surface area contributed by atoms with Crippen molar-refractivity contribution in [1.82, 2.24) is 3.96 Å². The maximum Gasteiger partial charge on any atom is 0.304 e. The second kappa shape index (κ2) is 6.03. The molecule has 0 saturated carbocycles. The number of benzene rings is 2. The number of nitrogens with zero attached hydrogens (tertiary/aromatic N) is 4. The second-order valence-electron chi connectivity index (χ2n) is 4.79. The van der Waals surface area contributed by atoms with E-state index in [4.69, 9.17) is 5.53 Å². The van der Waals surface area contributed by atoms with Gasteiger partial charge in [0, 0.05) is 21.9 Å². The molecule has 1 aromatic heterocycles. The summed E-state index contributed by atoms with van der Waals surface area (Å²) in [6.07, 6.45) is 0. The molecule has 0 N–H and O–H groups in total. The first-order valence-electron chi connectivity index (χ1n) is 6.62. The maximum atomic E-state index is 12.4. The lowest BCUT2D eigenvalue weighted by atomic mass is 10.1. The summed E-state index contributed by atoms with van der Waals surface area (Å²) in [5.74, 6) is 0. The van der Waals surface area contributed by atoms with E-state index >= 15 is 0 Å². The van der Waals surface area contributed by atoms with Crippen LogP contribution in [0.15, 0.2) is 58.4 Å². The predicted octanol–water partition coefficient (Wildman–Crippen LogP) is 3.59. The molecule has 0 saturated heterocycles. The minimum absolute atomic E-state index is 0.216. The first-order valence-corrected chi connectivity index (χ1v) is 7.73. The number of fused-ring (bicyclic) bond motifs is 1. The molecule has 0 aliphatic heterocycles. The first-order chi connectivity index (χ1) is 10.7. The fraction of sp³-hybridized carbons (Fsp3) is 0.133. The van der Waals surface area contributed by atoms with E-state index in [1.54, 1.807) is 24.3 Å². The molecule has 22 heavy (non-hydrogen) atoms. The highest BCUT2D eigenvalue weighted by molar-refractivity contribution is 7.26. The van der Waals surface area contributed by atoms with Gasteiger partial charge in [0.2, 0.25) is 4.70 Å². The van der Waals surface area contributed by atoms with Crippen LogP contribution >= 0.6 is 10.9 Å². The molecule has 0 radical (unpaired) electrons. The highest BCUT2D eigenvalue weighted by Crippen LogP contribution is 2.25. The average molecular weight is 312 g/mol. The van der Waals surface area contributed by atoms with Gasteiger partial charge in [-0.15, -0.1) is 3.96 Å². The topological polar surface area (TPSA) is 93.8 Å². The van der Waals surface area contributed by atoms with Crippen LogP contribution in [0.1, 0.15) is 11.1 Å². The number of rotatable bonds is 4. The van der Waals surface area contributed by atoms with Gasteiger partial charge in [0.05, 0.1) is 13.1 Å². The van der Waals surface area contributed by atoms with E-state index in [1.165, 1.54) is 3.96 Å². The lowest BCUT2D eigenvalue weighted by Crippen LogP contribution is -2.15. The van der Waals surface area contributed by atoms with Crippen molar-refractivity contribution in [1.29, 1.82) is 0 Å². The van der Waals surface area contributed by atoms with E-state index in [9.17, 15) is 9.35 Å². The van der Waals surface area contributed by atoms with E-state index in [0.717, 1.165) is 11.1 Å². The van der Waals surface area contributed by atoms with Gasteiger partial charge in [-0.25, -0.2) is 0 Å². The summed E-state index contributed by atoms with van der Waals surface area (Å²) in [5.41, 5.74) is 9.84. The van der Waals surface area contributed by atoms with E-state index in [1.807, 2.05) is 24.3 Å². The van der Waals surface area contributed by atoms with Crippen molar-refractivity contribution in [3.63, 3.8) is 0 Å². The van der Waals surface area contributed by atoms with Crippen molar-refractivity contribution in [2.24, 2.45) is 5.11 Å². The van der Waals surface area contributed by atoms with E-state index < -0.39 is 10.9 Å². The molecule has 0 bridgehead atoms. The van der Waals surface area contributed by atoms with Crippen molar-refractivity contribution >= 4 is 21.0 Å². The van der Waals surface area contributed by atoms with Crippen molar-refractivity contribution in [2.75, 3.05) is 0 Å². The minimum Gasteiger partial charge on any atom is -0.570 e. The largest absolute Gasteiger partial charge is 0.570 e. The van der Waals surface area contributed by atoms with Crippen LogP contribution in [0.2, 0.25) is 0 Å². The summed E-state index contributed by atoms with van der Waals surface area (Å²) in [4.78, 5) is 15.0. The molecule has 0 fully saturated rings. The molecule has 6 nitrogen and oxygen atoms in total. The van der Waals surface area contributed by atoms with Gasteiger partial charge >= 0.3 is 5.56 Å². The Bertz CT molecular complexity index is 921. The Labute approximate surface area is 128 Å². The van der Waals surface area contributed by atoms with Crippen LogP contribution in [-0.4, -0.2) is 8.51 Å². The predicted molar refractivity (Wildman–Crippen MR) is 85.3 cm³/mol. The third-order valence-electron chi connectivity index (χ3n) is 3.40. The highest BCUT2D eigenvalue weighted by atomic mass is 32.2. The van der Waals surface area contributed by atoms with Crippen LogP contribution in [0.3, 0.4) is 0 Å². The number of azide groups is 1. The van der Waals surface area contributed by atoms with Crippen LogP contribution in [0.25, 0.3) is 20.5 Å². The van der Waals surface area contributed by atoms with Gasteiger partial charge in [-0.1, -0.05) is 41.5 Å². The third-order valence-corrected chi connectivity index (χ3v) is 4.83. The fourth-order valence-corrected chi connectivity index (χ4v) is 3.57. The van der Waals surface area contributed by atoms with Crippen LogP contribution in [-0.2, 0) is 13.1 Å². The monoisotopic (exact) mass is 312 g/mol. The average Bonchev–Trinajstić information content (AvgIpc) is 2.80. The summed E-state index contributed by atoms with van der Waals surface area (Å²) in [5, 5.41) is 3.99. The minimum atomic E-state index is -1.46. The molecule has 7 heteroatoms. The van der Waals surface area contributed by atoms with Gasteiger partial charge in [-0.3, -0.25) is 4.79 Å². The van der Waals surface area contributed by atoms with Gasteiger partial charge in [0.1, 0.15) is 5.39 Å². The lowest BCUT2D eigenvalue weighted by Gasteiger charge is -2.03. The summed E-state index contributed by atoms with van der Waals surface area (Å²) in [6, 6.07) is 14.3. The molecule has 0 spiro atoms. The smallest absolute Gasteiger partial charge is 0.304 e. The van der Waals surface area contributed by atoms with Crippen molar-refractivity contribution < 1.29 is 4.55 Å². The number of hydrogen-bond acceptors (Lipinski definition) is 3.